The largest absolute Gasteiger partial charge is 0.496 e. The average molecular weight is 330 g/mol. The van der Waals surface area contributed by atoms with Gasteiger partial charge < -0.3 is 14.7 Å². The molecule has 1 N–H and O–H groups in total. The lowest BCUT2D eigenvalue weighted by Crippen LogP contribution is -2.30. The van der Waals surface area contributed by atoms with E-state index in [1.165, 1.54) is 0 Å². The molecule has 0 aliphatic rings. The van der Waals surface area contributed by atoms with Gasteiger partial charge in [-0.1, -0.05) is 29.8 Å². The summed E-state index contributed by atoms with van der Waals surface area (Å²) >= 11 is 3.49. The monoisotopic (exact) mass is 329 g/mol. The van der Waals surface area contributed by atoms with Crippen LogP contribution in [0.1, 0.15) is 19.4 Å². The first-order valence-electron chi connectivity index (χ1n) is 6.59. The van der Waals surface area contributed by atoms with Gasteiger partial charge in [0.05, 0.1) is 7.11 Å². The molecular weight excluding hydrogens is 306 g/mol. The highest BCUT2D eigenvalue weighted by atomic mass is 79.9. The van der Waals surface area contributed by atoms with Crippen LogP contribution in [-0.4, -0.2) is 37.3 Å². The van der Waals surface area contributed by atoms with Gasteiger partial charge >= 0.3 is 0 Å². The minimum atomic E-state index is 0.234. The first-order valence-corrected chi connectivity index (χ1v) is 7.39. The Hall–Kier alpha value is -0.580. The molecule has 0 aliphatic carbocycles. The number of hydrogen-bond donors (Lipinski definition) is 1. The van der Waals surface area contributed by atoms with Gasteiger partial charge in [-0.15, -0.1) is 0 Å². The summed E-state index contributed by atoms with van der Waals surface area (Å²) in [5.74, 6) is 1.69. The Labute approximate surface area is 124 Å². The van der Waals surface area contributed by atoms with Crippen LogP contribution in [0.3, 0.4) is 0 Å². The van der Waals surface area contributed by atoms with E-state index in [2.05, 4.69) is 47.8 Å². The fourth-order valence-electron chi connectivity index (χ4n) is 2.11. The van der Waals surface area contributed by atoms with Crippen molar-refractivity contribution < 1.29 is 9.84 Å². The first-order chi connectivity index (χ1) is 8.97. The summed E-state index contributed by atoms with van der Waals surface area (Å²) in [6.45, 7) is 6.22. The van der Waals surface area contributed by atoms with Gasteiger partial charge in [-0.05, 0) is 37.1 Å². The van der Waals surface area contributed by atoms with E-state index in [1.54, 1.807) is 7.11 Å². The molecule has 4 heteroatoms. The summed E-state index contributed by atoms with van der Waals surface area (Å²) in [6, 6.07) is 6.03. The number of hydrogen-bond acceptors (Lipinski definition) is 3. The summed E-state index contributed by atoms with van der Waals surface area (Å²) in [7, 11) is 3.77. The van der Waals surface area contributed by atoms with Crippen LogP contribution < -0.4 is 4.74 Å². The molecule has 1 aromatic carbocycles. The molecule has 1 unspecified atom stereocenters. The third-order valence-electron chi connectivity index (χ3n) is 3.41. The molecule has 0 heterocycles. The minimum absolute atomic E-state index is 0.234. The molecular formula is C15H24BrNO2. The van der Waals surface area contributed by atoms with E-state index in [-0.39, 0.29) is 6.61 Å². The summed E-state index contributed by atoms with van der Waals surface area (Å²) < 4.78 is 6.44. The Morgan fingerprint density at radius 2 is 2.05 bits per heavy atom. The topological polar surface area (TPSA) is 32.7 Å². The van der Waals surface area contributed by atoms with Gasteiger partial charge in [0, 0.05) is 29.7 Å². The minimum Gasteiger partial charge on any atom is -0.496 e. The molecule has 3 nitrogen and oxygen atoms in total. The SMILES string of the molecule is COc1ccc(Br)cc1CN(C)CC(CO)C(C)C. The van der Waals surface area contributed by atoms with Crippen molar-refractivity contribution in [3.8, 4) is 5.75 Å². The molecule has 0 fully saturated rings. The van der Waals surface area contributed by atoms with Crippen LogP contribution in [0.2, 0.25) is 0 Å². The Balaban J connectivity index is 2.70. The van der Waals surface area contributed by atoms with Gasteiger partial charge in [0.15, 0.2) is 0 Å². The van der Waals surface area contributed by atoms with E-state index in [4.69, 9.17) is 4.74 Å². The Kier molecular flexibility index (Phi) is 6.83. The van der Waals surface area contributed by atoms with Crippen molar-refractivity contribution in [2.24, 2.45) is 11.8 Å². The Bertz CT molecular complexity index is 396. The molecule has 0 bridgehead atoms. The van der Waals surface area contributed by atoms with E-state index in [0.29, 0.717) is 11.8 Å². The van der Waals surface area contributed by atoms with Crippen molar-refractivity contribution in [1.82, 2.24) is 4.90 Å². The molecule has 1 rings (SSSR count). The molecule has 0 radical (unpaired) electrons. The third kappa shape index (κ3) is 5.13. The van der Waals surface area contributed by atoms with E-state index in [9.17, 15) is 5.11 Å². The fourth-order valence-corrected chi connectivity index (χ4v) is 2.51. The number of rotatable bonds is 7. The summed E-state index contributed by atoms with van der Waals surface area (Å²) in [5, 5.41) is 9.40. The third-order valence-corrected chi connectivity index (χ3v) is 3.90. The normalized spacial score (nSPS) is 13.1. The highest BCUT2D eigenvalue weighted by Crippen LogP contribution is 2.24. The number of methoxy groups -OCH3 is 1. The molecule has 0 aromatic heterocycles. The van der Waals surface area contributed by atoms with Crippen LogP contribution in [0, 0.1) is 11.8 Å². The molecule has 108 valence electrons. The van der Waals surface area contributed by atoms with Crippen molar-refractivity contribution >= 4 is 15.9 Å². The summed E-state index contributed by atoms with van der Waals surface area (Å²) in [6.07, 6.45) is 0. The second kappa shape index (κ2) is 7.88. The molecule has 0 saturated heterocycles. The smallest absolute Gasteiger partial charge is 0.123 e. The van der Waals surface area contributed by atoms with Crippen molar-refractivity contribution in [3.63, 3.8) is 0 Å². The number of nitrogens with zero attached hydrogens (tertiary/aromatic N) is 1. The maximum atomic E-state index is 9.40. The summed E-state index contributed by atoms with van der Waals surface area (Å²) in [4.78, 5) is 2.23. The first kappa shape index (κ1) is 16.5. The quantitative estimate of drug-likeness (QED) is 0.834. The number of ether oxygens (including phenoxy) is 1. The van der Waals surface area contributed by atoms with Gasteiger partial charge in [-0.25, -0.2) is 0 Å². The predicted octanol–water partition coefficient (Wildman–Crippen LogP) is 3.15. The highest BCUT2D eigenvalue weighted by molar-refractivity contribution is 9.10. The van der Waals surface area contributed by atoms with Crippen LogP contribution in [0.5, 0.6) is 5.75 Å². The van der Waals surface area contributed by atoms with Crippen LogP contribution in [-0.2, 0) is 6.54 Å². The number of aliphatic hydroxyl groups is 1. The lowest BCUT2D eigenvalue weighted by atomic mass is 9.96. The van der Waals surface area contributed by atoms with Crippen LogP contribution in [0.15, 0.2) is 22.7 Å². The molecule has 0 saturated carbocycles. The van der Waals surface area contributed by atoms with E-state index in [1.807, 2.05) is 12.1 Å². The maximum absolute atomic E-state index is 9.40. The molecule has 1 atom stereocenters. The van der Waals surface area contributed by atoms with Gasteiger partial charge in [0.25, 0.3) is 0 Å². The number of aliphatic hydroxyl groups excluding tert-OH is 1. The molecule has 19 heavy (non-hydrogen) atoms. The van der Waals surface area contributed by atoms with Crippen molar-refractivity contribution in [3.05, 3.63) is 28.2 Å². The average Bonchev–Trinajstić information content (AvgIpc) is 2.35. The molecule has 0 aliphatic heterocycles. The van der Waals surface area contributed by atoms with Crippen LogP contribution in [0.25, 0.3) is 0 Å². The number of halogens is 1. The van der Waals surface area contributed by atoms with Crippen molar-refractivity contribution in [2.45, 2.75) is 20.4 Å². The zero-order valence-corrected chi connectivity index (χ0v) is 13.8. The lowest BCUT2D eigenvalue weighted by Gasteiger charge is -2.25. The zero-order valence-electron chi connectivity index (χ0n) is 12.2. The molecule has 1 aromatic rings. The lowest BCUT2D eigenvalue weighted by molar-refractivity contribution is 0.143. The fraction of sp³-hybridized carbons (Fsp3) is 0.600. The van der Waals surface area contributed by atoms with Crippen molar-refractivity contribution in [2.75, 3.05) is 27.3 Å². The Morgan fingerprint density at radius 3 is 2.58 bits per heavy atom. The molecule has 0 amide bonds. The van der Waals surface area contributed by atoms with Gasteiger partial charge in [-0.3, -0.25) is 0 Å². The zero-order chi connectivity index (χ0) is 14.4. The Morgan fingerprint density at radius 1 is 1.37 bits per heavy atom. The van der Waals surface area contributed by atoms with Gasteiger partial charge in [0.2, 0.25) is 0 Å². The summed E-state index contributed by atoms with van der Waals surface area (Å²) in [5.41, 5.74) is 1.15. The van der Waals surface area contributed by atoms with E-state index >= 15 is 0 Å². The van der Waals surface area contributed by atoms with E-state index < -0.39 is 0 Å². The van der Waals surface area contributed by atoms with Crippen LogP contribution in [0.4, 0.5) is 0 Å². The standard InChI is InChI=1S/C15H24BrNO2/c1-11(2)13(10-18)9-17(3)8-12-7-14(16)5-6-15(12)19-4/h5-7,11,13,18H,8-10H2,1-4H3. The second-order valence-electron chi connectivity index (χ2n) is 5.34. The van der Waals surface area contributed by atoms with Crippen LogP contribution >= 0.6 is 15.9 Å². The predicted molar refractivity (Wildman–Crippen MR) is 82.4 cm³/mol. The van der Waals surface area contributed by atoms with Gasteiger partial charge in [0.1, 0.15) is 5.75 Å². The van der Waals surface area contributed by atoms with Gasteiger partial charge in [-0.2, -0.15) is 0 Å². The molecule has 0 spiro atoms. The van der Waals surface area contributed by atoms with E-state index in [0.717, 1.165) is 28.9 Å². The van der Waals surface area contributed by atoms with Crippen molar-refractivity contribution in [1.29, 1.82) is 0 Å². The maximum Gasteiger partial charge on any atom is 0.123 e. The second-order valence-corrected chi connectivity index (χ2v) is 6.26. The number of benzene rings is 1. The highest BCUT2D eigenvalue weighted by Gasteiger charge is 2.16.